The van der Waals surface area contributed by atoms with Gasteiger partial charge in [0.25, 0.3) is 0 Å². The number of hydrogen-bond acceptors (Lipinski definition) is 2. The first kappa shape index (κ1) is 23.2. The molecule has 2 unspecified atom stereocenters. The molecule has 0 heterocycles. The standard InChI is InChI=1S/C21H37O4P/c1-17(2)9-7-10-18(3)11-8-12-19(4)15-16-20-13-5-6-14-21(20)25-26(22,23)24/h5-6,13-14,17-19H,7-12,15-16H2,1-4H3,(H2,22,23,24). The molecule has 2 atom stereocenters. The van der Waals surface area contributed by atoms with Crippen molar-refractivity contribution in [2.45, 2.75) is 79.1 Å². The lowest BCUT2D eigenvalue weighted by Crippen LogP contribution is -2.02. The predicted molar refractivity (Wildman–Crippen MR) is 108 cm³/mol. The van der Waals surface area contributed by atoms with E-state index in [9.17, 15) is 4.57 Å². The zero-order chi connectivity index (χ0) is 19.6. The van der Waals surface area contributed by atoms with E-state index in [-0.39, 0.29) is 0 Å². The van der Waals surface area contributed by atoms with Crippen molar-refractivity contribution in [2.75, 3.05) is 0 Å². The van der Waals surface area contributed by atoms with E-state index in [0.29, 0.717) is 11.7 Å². The van der Waals surface area contributed by atoms with Gasteiger partial charge in [0.15, 0.2) is 0 Å². The second-order valence-electron chi connectivity index (χ2n) is 8.19. The molecule has 0 aliphatic rings. The topological polar surface area (TPSA) is 66.8 Å². The average Bonchev–Trinajstić information content (AvgIpc) is 2.52. The van der Waals surface area contributed by atoms with Gasteiger partial charge in [-0.3, -0.25) is 9.79 Å². The second kappa shape index (κ2) is 11.8. The fraction of sp³-hybridized carbons (Fsp3) is 0.714. The Labute approximate surface area is 159 Å². The molecule has 0 aliphatic heterocycles. The van der Waals surface area contributed by atoms with Gasteiger partial charge in [-0.2, -0.15) is 0 Å². The lowest BCUT2D eigenvalue weighted by Gasteiger charge is -2.16. The van der Waals surface area contributed by atoms with E-state index in [1.807, 2.05) is 12.1 Å². The maximum absolute atomic E-state index is 11.1. The second-order valence-corrected chi connectivity index (χ2v) is 9.36. The fourth-order valence-electron chi connectivity index (χ4n) is 3.31. The summed E-state index contributed by atoms with van der Waals surface area (Å²) in [7, 11) is -4.51. The van der Waals surface area contributed by atoms with E-state index >= 15 is 0 Å². The van der Waals surface area contributed by atoms with Gasteiger partial charge in [-0.25, -0.2) is 4.57 Å². The van der Waals surface area contributed by atoms with Crippen LogP contribution in [-0.4, -0.2) is 9.79 Å². The van der Waals surface area contributed by atoms with Gasteiger partial charge in [0.1, 0.15) is 5.75 Å². The highest BCUT2D eigenvalue weighted by Crippen LogP contribution is 2.39. The first-order valence-electron chi connectivity index (χ1n) is 10.0. The summed E-state index contributed by atoms with van der Waals surface area (Å²) in [6.45, 7) is 9.20. The van der Waals surface area contributed by atoms with Crippen molar-refractivity contribution in [2.24, 2.45) is 17.8 Å². The van der Waals surface area contributed by atoms with Crippen LogP contribution >= 0.6 is 7.82 Å². The number of phosphoric ester groups is 1. The molecule has 0 bridgehead atoms. The van der Waals surface area contributed by atoms with E-state index in [1.54, 1.807) is 12.1 Å². The van der Waals surface area contributed by atoms with E-state index in [4.69, 9.17) is 14.3 Å². The summed E-state index contributed by atoms with van der Waals surface area (Å²) < 4.78 is 15.9. The Kier molecular flexibility index (Phi) is 10.5. The van der Waals surface area contributed by atoms with E-state index in [0.717, 1.165) is 30.2 Å². The minimum Gasteiger partial charge on any atom is -0.404 e. The summed E-state index contributed by atoms with van der Waals surface area (Å²) >= 11 is 0. The molecule has 4 nitrogen and oxygen atoms in total. The number of aryl methyl sites for hydroxylation is 1. The van der Waals surface area contributed by atoms with Crippen LogP contribution in [0.5, 0.6) is 5.75 Å². The van der Waals surface area contributed by atoms with Crippen LogP contribution in [0.4, 0.5) is 0 Å². The van der Waals surface area contributed by atoms with Crippen LogP contribution in [0.1, 0.15) is 78.2 Å². The SMILES string of the molecule is CC(C)CCCC(C)CCCC(C)CCc1ccccc1OP(=O)(O)O. The zero-order valence-electron chi connectivity index (χ0n) is 16.9. The third kappa shape index (κ3) is 11.0. The summed E-state index contributed by atoms with van der Waals surface area (Å²) in [5.41, 5.74) is 0.865. The zero-order valence-corrected chi connectivity index (χ0v) is 17.8. The molecular formula is C21H37O4P. The van der Waals surface area contributed by atoms with Crippen LogP contribution in [0.2, 0.25) is 0 Å². The van der Waals surface area contributed by atoms with Crippen LogP contribution in [0, 0.1) is 17.8 Å². The monoisotopic (exact) mass is 384 g/mol. The average molecular weight is 384 g/mol. The molecule has 0 spiro atoms. The lowest BCUT2D eigenvalue weighted by atomic mass is 9.91. The van der Waals surface area contributed by atoms with Crippen molar-refractivity contribution in [1.29, 1.82) is 0 Å². The van der Waals surface area contributed by atoms with Gasteiger partial charge in [-0.15, -0.1) is 0 Å². The van der Waals surface area contributed by atoms with Gasteiger partial charge in [0, 0.05) is 0 Å². The van der Waals surface area contributed by atoms with Crippen molar-refractivity contribution in [3.8, 4) is 5.75 Å². The van der Waals surface area contributed by atoms with Gasteiger partial charge >= 0.3 is 7.82 Å². The fourth-order valence-corrected chi connectivity index (χ4v) is 3.74. The van der Waals surface area contributed by atoms with E-state index in [1.165, 1.54) is 38.5 Å². The van der Waals surface area contributed by atoms with Gasteiger partial charge in [-0.1, -0.05) is 84.4 Å². The highest BCUT2D eigenvalue weighted by Gasteiger charge is 2.18. The molecule has 0 aromatic heterocycles. The molecule has 1 rings (SSSR count). The normalized spacial score (nSPS) is 14.4. The van der Waals surface area contributed by atoms with E-state index < -0.39 is 7.82 Å². The molecular weight excluding hydrogens is 347 g/mol. The molecule has 5 heteroatoms. The Morgan fingerprint density at radius 1 is 0.885 bits per heavy atom. The number of para-hydroxylation sites is 1. The molecule has 2 N–H and O–H groups in total. The lowest BCUT2D eigenvalue weighted by molar-refractivity contribution is 0.282. The summed E-state index contributed by atoms with van der Waals surface area (Å²) in [5, 5.41) is 0. The summed E-state index contributed by atoms with van der Waals surface area (Å²) in [6.07, 6.45) is 9.53. The van der Waals surface area contributed by atoms with Crippen LogP contribution < -0.4 is 4.52 Å². The Hall–Kier alpha value is -0.830. The maximum Gasteiger partial charge on any atom is 0.524 e. The number of hydrogen-bond donors (Lipinski definition) is 2. The highest BCUT2D eigenvalue weighted by atomic mass is 31.2. The van der Waals surface area contributed by atoms with Crippen molar-refractivity contribution < 1.29 is 18.9 Å². The minimum absolute atomic E-state index is 0.298. The molecule has 0 fully saturated rings. The Morgan fingerprint density at radius 2 is 1.42 bits per heavy atom. The molecule has 0 radical (unpaired) electrons. The van der Waals surface area contributed by atoms with Crippen LogP contribution in [0.25, 0.3) is 0 Å². The third-order valence-electron chi connectivity index (χ3n) is 4.97. The molecule has 0 amide bonds. The predicted octanol–water partition coefficient (Wildman–Crippen LogP) is 6.36. The molecule has 0 saturated carbocycles. The first-order chi connectivity index (χ1) is 12.2. The smallest absolute Gasteiger partial charge is 0.404 e. The number of benzene rings is 1. The third-order valence-corrected chi connectivity index (χ3v) is 5.40. The van der Waals surface area contributed by atoms with Gasteiger partial charge < -0.3 is 4.52 Å². The van der Waals surface area contributed by atoms with Gasteiger partial charge in [0.2, 0.25) is 0 Å². The van der Waals surface area contributed by atoms with Crippen LogP contribution in [-0.2, 0) is 11.0 Å². The van der Waals surface area contributed by atoms with Crippen molar-refractivity contribution in [3.63, 3.8) is 0 Å². The molecule has 1 aromatic rings. The quantitative estimate of drug-likeness (QED) is 0.388. The van der Waals surface area contributed by atoms with Gasteiger partial charge in [0.05, 0.1) is 0 Å². The number of phosphoric acid groups is 1. The van der Waals surface area contributed by atoms with Crippen molar-refractivity contribution >= 4 is 7.82 Å². The summed E-state index contributed by atoms with van der Waals surface area (Å²) in [5.74, 6) is 2.51. The van der Waals surface area contributed by atoms with E-state index in [2.05, 4.69) is 27.7 Å². The largest absolute Gasteiger partial charge is 0.524 e. The van der Waals surface area contributed by atoms with Crippen molar-refractivity contribution in [3.05, 3.63) is 29.8 Å². The molecule has 0 saturated heterocycles. The maximum atomic E-state index is 11.1. The minimum atomic E-state index is -4.51. The molecule has 150 valence electrons. The highest BCUT2D eigenvalue weighted by molar-refractivity contribution is 7.46. The Bertz CT molecular complexity index is 553. The first-order valence-corrected chi connectivity index (χ1v) is 11.5. The summed E-state index contributed by atoms with van der Waals surface area (Å²) in [6, 6.07) is 7.12. The number of rotatable bonds is 13. The summed E-state index contributed by atoms with van der Waals surface area (Å²) in [4.78, 5) is 18.0. The van der Waals surface area contributed by atoms with Crippen LogP contribution in [0.15, 0.2) is 24.3 Å². The molecule has 1 aromatic carbocycles. The van der Waals surface area contributed by atoms with Gasteiger partial charge in [-0.05, 0) is 42.2 Å². The van der Waals surface area contributed by atoms with Crippen molar-refractivity contribution in [1.82, 2.24) is 0 Å². The Balaban J connectivity index is 2.30. The Morgan fingerprint density at radius 3 is 2.00 bits per heavy atom. The molecule has 0 aliphatic carbocycles. The molecule has 26 heavy (non-hydrogen) atoms. The van der Waals surface area contributed by atoms with Crippen LogP contribution in [0.3, 0.4) is 0 Å².